The number of unbranched alkanes of at least 4 members (excludes halogenated alkanes) is 2. The molecule has 0 bridgehead atoms. The van der Waals surface area contributed by atoms with Crippen molar-refractivity contribution in [1.29, 1.82) is 0 Å². The molecule has 212 valence electrons. The molecule has 0 aromatic heterocycles. The van der Waals surface area contributed by atoms with E-state index in [0.717, 1.165) is 74.0 Å². The minimum Gasteiger partial charge on any atom is -0.633 e. The van der Waals surface area contributed by atoms with E-state index >= 15 is 0 Å². The van der Waals surface area contributed by atoms with Crippen LogP contribution in [0.5, 0.6) is 11.5 Å². The standard InChI is InChI=1S/C32H45N3O4/c1-6-9-16-34(17-10-7-2)32(36)24-13-11-23(12-14-24)31-26-21-29(38-5)30(39-19-8-3)20-25(26)27-22-35(4,37)18-15-28(27)33-31/h11-14,20-21,27-28H,6-10,15-19,22H2,1-5H3. The first kappa shape index (κ1) is 29.1. The van der Waals surface area contributed by atoms with Gasteiger partial charge in [0.25, 0.3) is 5.91 Å². The van der Waals surface area contributed by atoms with Gasteiger partial charge in [-0.1, -0.05) is 45.7 Å². The number of hydrogen-bond acceptors (Lipinski definition) is 5. The number of benzene rings is 2. The number of quaternary nitrogens is 1. The maximum absolute atomic E-state index is 13.3. The van der Waals surface area contributed by atoms with Crippen LogP contribution in [-0.2, 0) is 0 Å². The summed E-state index contributed by atoms with van der Waals surface area (Å²) in [6.07, 6.45) is 5.79. The molecule has 4 rings (SSSR count). The maximum atomic E-state index is 13.3. The smallest absolute Gasteiger partial charge is 0.253 e. The quantitative estimate of drug-likeness (QED) is 0.240. The average Bonchev–Trinajstić information content (AvgIpc) is 2.94. The van der Waals surface area contributed by atoms with E-state index in [2.05, 4.69) is 26.8 Å². The SMILES string of the molecule is CCCCN(CCCC)C(=O)c1ccc(C2=NC3CC[N+](C)([O-])CC3c3cc(OCCC)c(OC)cc32)cc1. The van der Waals surface area contributed by atoms with Crippen molar-refractivity contribution in [3.8, 4) is 11.5 Å². The monoisotopic (exact) mass is 535 g/mol. The molecule has 7 nitrogen and oxygen atoms in total. The molecule has 7 heteroatoms. The second-order valence-corrected chi connectivity index (χ2v) is 11.2. The van der Waals surface area contributed by atoms with Crippen LogP contribution in [0.25, 0.3) is 0 Å². The zero-order valence-electron chi connectivity index (χ0n) is 24.4. The Morgan fingerprint density at radius 1 is 1.05 bits per heavy atom. The third kappa shape index (κ3) is 6.64. The summed E-state index contributed by atoms with van der Waals surface area (Å²) < 4.78 is 11.5. The Balaban J connectivity index is 1.70. The number of hydroxylamine groups is 3. The maximum Gasteiger partial charge on any atom is 0.253 e. The lowest BCUT2D eigenvalue weighted by Crippen LogP contribution is -2.51. The minimum absolute atomic E-state index is 0.0291. The third-order valence-corrected chi connectivity index (χ3v) is 7.95. The predicted molar refractivity (Wildman–Crippen MR) is 157 cm³/mol. The number of amides is 1. The number of nitrogens with zero attached hydrogens (tertiary/aromatic N) is 3. The lowest BCUT2D eigenvalue weighted by molar-refractivity contribution is -0.867. The molecule has 1 saturated heterocycles. The summed E-state index contributed by atoms with van der Waals surface area (Å²) in [5.41, 5.74) is 4.64. The van der Waals surface area contributed by atoms with Crippen molar-refractivity contribution >= 4 is 11.6 Å². The second-order valence-electron chi connectivity index (χ2n) is 11.2. The molecule has 3 unspecified atom stereocenters. The molecular weight excluding hydrogens is 490 g/mol. The number of ether oxygens (including phenoxy) is 2. The van der Waals surface area contributed by atoms with Gasteiger partial charge in [0.2, 0.25) is 0 Å². The molecule has 0 saturated carbocycles. The third-order valence-electron chi connectivity index (χ3n) is 7.95. The van der Waals surface area contributed by atoms with Gasteiger partial charge >= 0.3 is 0 Å². The molecule has 2 aromatic carbocycles. The van der Waals surface area contributed by atoms with Crippen LogP contribution in [0.15, 0.2) is 41.4 Å². The van der Waals surface area contributed by atoms with E-state index in [1.165, 1.54) is 0 Å². The van der Waals surface area contributed by atoms with Crippen molar-refractivity contribution in [2.24, 2.45) is 4.99 Å². The first-order chi connectivity index (χ1) is 18.8. The van der Waals surface area contributed by atoms with Gasteiger partial charge in [-0.25, -0.2) is 0 Å². The second kappa shape index (κ2) is 13.0. The Hall–Kier alpha value is -2.90. The Labute approximate surface area is 234 Å². The fourth-order valence-electron chi connectivity index (χ4n) is 5.70. The fraction of sp³-hybridized carbons (Fsp3) is 0.562. The number of piperidine rings is 1. The number of methoxy groups -OCH3 is 1. The Bertz CT molecular complexity index is 1150. The number of rotatable bonds is 12. The van der Waals surface area contributed by atoms with Gasteiger partial charge in [-0.3, -0.25) is 9.79 Å². The number of hydrogen-bond donors (Lipinski definition) is 0. The lowest BCUT2D eigenvalue weighted by Gasteiger charge is -2.48. The van der Waals surface area contributed by atoms with Gasteiger partial charge < -0.3 is 24.2 Å². The topological polar surface area (TPSA) is 74.2 Å². The zero-order valence-corrected chi connectivity index (χ0v) is 24.4. The molecule has 0 spiro atoms. The van der Waals surface area contributed by atoms with Gasteiger partial charge in [0.15, 0.2) is 11.5 Å². The molecule has 39 heavy (non-hydrogen) atoms. The van der Waals surface area contributed by atoms with E-state index < -0.39 is 0 Å². The molecule has 2 heterocycles. The number of carbonyl (C=O) groups is 1. The van der Waals surface area contributed by atoms with E-state index in [-0.39, 0.29) is 22.5 Å². The van der Waals surface area contributed by atoms with Crippen molar-refractivity contribution in [2.45, 2.75) is 71.3 Å². The predicted octanol–water partition coefficient (Wildman–Crippen LogP) is 6.18. The molecular formula is C32H45N3O4. The van der Waals surface area contributed by atoms with E-state index in [0.29, 0.717) is 36.8 Å². The molecule has 1 fully saturated rings. The van der Waals surface area contributed by atoms with Gasteiger partial charge in [0.05, 0.1) is 51.5 Å². The first-order valence-corrected chi connectivity index (χ1v) is 14.7. The number of likely N-dealkylation sites (tertiary alicyclic amines) is 1. The van der Waals surface area contributed by atoms with Crippen LogP contribution < -0.4 is 9.47 Å². The fourth-order valence-corrected chi connectivity index (χ4v) is 5.70. The molecule has 2 aliphatic rings. The molecule has 0 aliphatic carbocycles. The van der Waals surface area contributed by atoms with Crippen molar-refractivity contribution < 1.29 is 18.9 Å². The summed E-state index contributed by atoms with van der Waals surface area (Å²) >= 11 is 0. The van der Waals surface area contributed by atoms with Gasteiger partial charge in [-0.05, 0) is 49.1 Å². The van der Waals surface area contributed by atoms with Crippen LogP contribution in [0, 0.1) is 5.21 Å². The Kier molecular flexibility index (Phi) is 9.67. The minimum atomic E-state index is -0.258. The van der Waals surface area contributed by atoms with Crippen LogP contribution in [0.3, 0.4) is 0 Å². The lowest BCUT2D eigenvalue weighted by atomic mass is 9.78. The Morgan fingerprint density at radius 3 is 2.36 bits per heavy atom. The number of likely N-dealkylation sites (N-methyl/N-ethyl adjacent to an activating group) is 1. The summed E-state index contributed by atoms with van der Waals surface area (Å²) in [5.74, 6) is 1.50. The highest BCUT2D eigenvalue weighted by atomic mass is 16.5. The van der Waals surface area contributed by atoms with E-state index in [1.807, 2.05) is 35.2 Å². The van der Waals surface area contributed by atoms with Gasteiger partial charge in [-0.15, -0.1) is 0 Å². The Morgan fingerprint density at radius 2 is 1.74 bits per heavy atom. The highest BCUT2D eigenvalue weighted by Crippen LogP contribution is 2.43. The first-order valence-electron chi connectivity index (χ1n) is 14.7. The summed E-state index contributed by atoms with van der Waals surface area (Å²) in [7, 11) is 3.41. The van der Waals surface area contributed by atoms with Crippen molar-refractivity contribution in [1.82, 2.24) is 4.90 Å². The molecule has 3 atom stereocenters. The zero-order chi connectivity index (χ0) is 28.0. The van der Waals surface area contributed by atoms with Crippen LogP contribution in [0.4, 0.5) is 0 Å². The van der Waals surface area contributed by atoms with E-state index in [9.17, 15) is 10.0 Å². The van der Waals surface area contributed by atoms with Crippen molar-refractivity contribution in [3.05, 3.63) is 63.9 Å². The molecule has 0 N–H and O–H groups in total. The van der Waals surface area contributed by atoms with Gasteiger partial charge in [0.1, 0.15) is 0 Å². The molecule has 2 aliphatic heterocycles. The largest absolute Gasteiger partial charge is 0.633 e. The molecule has 1 amide bonds. The molecule has 2 aromatic rings. The summed E-state index contributed by atoms with van der Waals surface area (Å²) in [6, 6.07) is 12.0. The summed E-state index contributed by atoms with van der Waals surface area (Å²) in [4.78, 5) is 20.5. The van der Waals surface area contributed by atoms with Crippen molar-refractivity contribution in [2.75, 3.05) is 46.9 Å². The number of carbonyl (C=O) groups excluding carboxylic acids is 1. The highest BCUT2D eigenvalue weighted by molar-refractivity contribution is 6.15. The molecule has 0 radical (unpaired) electrons. The average molecular weight is 536 g/mol. The van der Waals surface area contributed by atoms with Crippen LogP contribution in [0.2, 0.25) is 0 Å². The number of fused-ring (bicyclic) bond motifs is 3. The van der Waals surface area contributed by atoms with E-state index in [1.54, 1.807) is 14.2 Å². The van der Waals surface area contributed by atoms with E-state index in [4.69, 9.17) is 14.5 Å². The van der Waals surface area contributed by atoms with Crippen LogP contribution in [-0.4, -0.2) is 74.2 Å². The van der Waals surface area contributed by atoms with Gasteiger partial charge in [0, 0.05) is 36.2 Å². The van der Waals surface area contributed by atoms with Crippen molar-refractivity contribution in [3.63, 3.8) is 0 Å². The summed E-state index contributed by atoms with van der Waals surface area (Å²) in [5, 5.41) is 13.0. The summed E-state index contributed by atoms with van der Waals surface area (Å²) in [6.45, 7) is 9.62. The van der Waals surface area contributed by atoms with Crippen LogP contribution >= 0.6 is 0 Å². The van der Waals surface area contributed by atoms with Gasteiger partial charge in [-0.2, -0.15) is 0 Å². The highest BCUT2D eigenvalue weighted by Gasteiger charge is 2.40. The van der Waals surface area contributed by atoms with Crippen LogP contribution in [0.1, 0.15) is 92.3 Å². The normalized spacial score (nSPS) is 21.9. The number of aliphatic imine (C=N–C) groups is 1.